The standard InChI is InChI=1S/C22H16FN3O2/c1-28-21-9-17(23)5-6-18(21)16-8-20-19(25-12-16)10-22(27)26(20)13-15-4-2-3-14(7-15)11-24/h2-9,12H,10,13H2,1H3. The van der Waals surface area contributed by atoms with Crippen LogP contribution < -0.4 is 9.64 Å². The van der Waals surface area contributed by atoms with Crippen molar-refractivity contribution >= 4 is 11.6 Å². The second-order valence-electron chi connectivity index (χ2n) is 6.50. The third kappa shape index (κ3) is 3.19. The van der Waals surface area contributed by atoms with Crippen molar-refractivity contribution < 1.29 is 13.9 Å². The molecule has 1 aliphatic rings. The maximum absolute atomic E-state index is 13.5. The molecule has 1 aliphatic heterocycles. The Kier molecular flexibility index (Phi) is 4.50. The van der Waals surface area contributed by atoms with Crippen LogP contribution in [0.1, 0.15) is 16.8 Å². The minimum absolute atomic E-state index is 0.0481. The Balaban J connectivity index is 1.72. The summed E-state index contributed by atoms with van der Waals surface area (Å²) in [6.07, 6.45) is 1.90. The van der Waals surface area contributed by atoms with Crippen LogP contribution in [0.4, 0.5) is 10.1 Å². The summed E-state index contributed by atoms with van der Waals surface area (Å²) < 4.78 is 18.8. The van der Waals surface area contributed by atoms with Crippen molar-refractivity contribution in [1.82, 2.24) is 4.98 Å². The summed E-state index contributed by atoms with van der Waals surface area (Å²) in [6, 6.07) is 15.5. The number of nitrogens with zero attached hydrogens (tertiary/aromatic N) is 3. The van der Waals surface area contributed by atoms with Gasteiger partial charge in [-0.2, -0.15) is 5.26 Å². The number of rotatable bonds is 4. The normalized spacial score (nSPS) is 12.6. The lowest BCUT2D eigenvalue weighted by Gasteiger charge is -2.18. The van der Waals surface area contributed by atoms with Crippen LogP contribution in [0.2, 0.25) is 0 Å². The fourth-order valence-corrected chi connectivity index (χ4v) is 3.37. The molecule has 5 nitrogen and oxygen atoms in total. The highest BCUT2D eigenvalue weighted by Crippen LogP contribution is 2.36. The minimum atomic E-state index is -0.385. The van der Waals surface area contributed by atoms with E-state index in [4.69, 9.17) is 10.00 Å². The number of halogens is 1. The number of nitriles is 1. The fourth-order valence-electron chi connectivity index (χ4n) is 3.37. The topological polar surface area (TPSA) is 66.2 Å². The maximum atomic E-state index is 13.5. The zero-order valence-electron chi connectivity index (χ0n) is 15.1. The monoisotopic (exact) mass is 373 g/mol. The molecule has 1 aromatic heterocycles. The van der Waals surface area contributed by atoms with Gasteiger partial charge in [-0.05, 0) is 35.9 Å². The molecule has 0 saturated heterocycles. The second kappa shape index (κ2) is 7.12. The molecule has 0 saturated carbocycles. The number of carbonyl (C=O) groups excluding carboxylic acids is 1. The van der Waals surface area contributed by atoms with Crippen molar-refractivity contribution in [2.24, 2.45) is 0 Å². The number of fused-ring (bicyclic) bond motifs is 1. The van der Waals surface area contributed by atoms with Crippen molar-refractivity contribution in [2.75, 3.05) is 12.0 Å². The quantitative estimate of drug-likeness (QED) is 0.697. The van der Waals surface area contributed by atoms with Crippen molar-refractivity contribution in [1.29, 1.82) is 5.26 Å². The van der Waals surface area contributed by atoms with Gasteiger partial charge in [-0.1, -0.05) is 12.1 Å². The van der Waals surface area contributed by atoms with Crippen molar-refractivity contribution in [3.8, 4) is 22.9 Å². The van der Waals surface area contributed by atoms with Crippen LogP contribution in [0, 0.1) is 17.1 Å². The van der Waals surface area contributed by atoms with Crippen LogP contribution >= 0.6 is 0 Å². The molecule has 2 heterocycles. The van der Waals surface area contributed by atoms with E-state index >= 15 is 0 Å². The molecule has 28 heavy (non-hydrogen) atoms. The first-order valence-corrected chi connectivity index (χ1v) is 8.71. The Hall–Kier alpha value is -3.72. The van der Waals surface area contributed by atoms with E-state index in [1.54, 1.807) is 35.4 Å². The van der Waals surface area contributed by atoms with E-state index in [2.05, 4.69) is 11.1 Å². The Morgan fingerprint density at radius 3 is 2.89 bits per heavy atom. The zero-order chi connectivity index (χ0) is 19.7. The van der Waals surface area contributed by atoms with Gasteiger partial charge >= 0.3 is 0 Å². The Labute approximate surface area is 161 Å². The lowest BCUT2D eigenvalue weighted by Crippen LogP contribution is -2.26. The first-order valence-electron chi connectivity index (χ1n) is 8.71. The van der Waals surface area contributed by atoms with Gasteiger partial charge in [0.15, 0.2) is 0 Å². The van der Waals surface area contributed by atoms with Gasteiger partial charge in [0.1, 0.15) is 11.6 Å². The van der Waals surface area contributed by atoms with Gasteiger partial charge in [0.05, 0.1) is 43.1 Å². The summed E-state index contributed by atoms with van der Waals surface area (Å²) in [5.74, 6) is -0.0312. The average molecular weight is 373 g/mol. The van der Waals surface area contributed by atoms with Gasteiger partial charge in [0.25, 0.3) is 0 Å². The lowest BCUT2D eigenvalue weighted by molar-refractivity contribution is -0.117. The molecule has 0 radical (unpaired) electrons. The van der Waals surface area contributed by atoms with Gasteiger partial charge in [-0.3, -0.25) is 9.78 Å². The third-order valence-electron chi connectivity index (χ3n) is 4.73. The van der Waals surface area contributed by atoms with E-state index in [0.29, 0.717) is 29.1 Å². The number of hydrogen-bond donors (Lipinski definition) is 0. The van der Waals surface area contributed by atoms with E-state index in [1.807, 2.05) is 12.1 Å². The highest BCUT2D eigenvalue weighted by atomic mass is 19.1. The van der Waals surface area contributed by atoms with E-state index in [0.717, 1.165) is 16.8 Å². The van der Waals surface area contributed by atoms with E-state index in [1.165, 1.54) is 19.2 Å². The fraction of sp³-hybridized carbons (Fsp3) is 0.136. The third-order valence-corrected chi connectivity index (χ3v) is 4.73. The number of aromatic nitrogens is 1. The van der Waals surface area contributed by atoms with Gasteiger partial charge in [-0.15, -0.1) is 0 Å². The first-order chi connectivity index (χ1) is 13.6. The van der Waals surface area contributed by atoms with Gasteiger partial charge in [-0.25, -0.2) is 4.39 Å². The number of pyridine rings is 1. The van der Waals surface area contributed by atoms with Gasteiger partial charge in [0.2, 0.25) is 5.91 Å². The van der Waals surface area contributed by atoms with Crippen LogP contribution in [0.15, 0.2) is 54.7 Å². The van der Waals surface area contributed by atoms with Gasteiger partial charge < -0.3 is 9.64 Å². The van der Waals surface area contributed by atoms with Crippen LogP contribution in [0.3, 0.4) is 0 Å². The summed E-state index contributed by atoms with van der Waals surface area (Å²) in [4.78, 5) is 18.7. The molecule has 2 aromatic carbocycles. The largest absolute Gasteiger partial charge is 0.496 e. The van der Waals surface area contributed by atoms with E-state index in [9.17, 15) is 9.18 Å². The first kappa shape index (κ1) is 17.7. The molecule has 0 N–H and O–H groups in total. The maximum Gasteiger partial charge on any atom is 0.233 e. The number of carbonyl (C=O) groups is 1. The van der Waals surface area contributed by atoms with Crippen LogP contribution in [0.5, 0.6) is 5.75 Å². The highest BCUT2D eigenvalue weighted by Gasteiger charge is 2.29. The number of benzene rings is 2. The van der Waals surface area contributed by atoms with Crippen molar-refractivity contribution in [3.05, 3.63) is 77.4 Å². The molecule has 138 valence electrons. The summed E-state index contributed by atoms with van der Waals surface area (Å²) in [7, 11) is 1.48. The molecule has 0 aliphatic carbocycles. The average Bonchev–Trinajstić information content (AvgIpc) is 3.02. The number of hydrogen-bond acceptors (Lipinski definition) is 4. The Morgan fingerprint density at radius 2 is 2.11 bits per heavy atom. The van der Waals surface area contributed by atoms with Crippen molar-refractivity contribution in [3.63, 3.8) is 0 Å². The van der Waals surface area contributed by atoms with Crippen LogP contribution in [0.25, 0.3) is 11.1 Å². The predicted molar refractivity (Wildman–Crippen MR) is 102 cm³/mol. The molecule has 4 rings (SSSR count). The molecular weight excluding hydrogens is 357 g/mol. The second-order valence-corrected chi connectivity index (χ2v) is 6.50. The number of methoxy groups -OCH3 is 1. The zero-order valence-corrected chi connectivity index (χ0v) is 15.1. The molecule has 0 atom stereocenters. The van der Waals surface area contributed by atoms with E-state index in [-0.39, 0.29) is 18.1 Å². The van der Waals surface area contributed by atoms with Crippen LogP contribution in [-0.4, -0.2) is 18.0 Å². The van der Waals surface area contributed by atoms with E-state index < -0.39 is 0 Å². The molecule has 0 spiro atoms. The summed E-state index contributed by atoms with van der Waals surface area (Å²) >= 11 is 0. The predicted octanol–water partition coefficient (Wildman–Crippen LogP) is 3.86. The number of amides is 1. The molecule has 3 aromatic rings. The lowest BCUT2D eigenvalue weighted by atomic mass is 10.0. The highest BCUT2D eigenvalue weighted by molar-refractivity contribution is 6.01. The molecule has 1 amide bonds. The van der Waals surface area contributed by atoms with Crippen LogP contribution in [-0.2, 0) is 17.8 Å². The molecule has 6 heteroatoms. The SMILES string of the molecule is COc1cc(F)ccc1-c1cnc2c(c1)N(Cc1cccc(C#N)c1)C(=O)C2. The molecule has 0 fully saturated rings. The number of ether oxygens (including phenoxy) is 1. The molecule has 0 unspecified atom stereocenters. The smallest absolute Gasteiger partial charge is 0.233 e. The number of anilines is 1. The molecular formula is C22H16FN3O2. The summed E-state index contributed by atoms with van der Waals surface area (Å²) in [5.41, 5.74) is 4.27. The van der Waals surface area contributed by atoms with Crippen molar-refractivity contribution in [2.45, 2.75) is 13.0 Å². The summed E-state index contributed by atoms with van der Waals surface area (Å²) in [6.45, 7) is 0.354. The Bertz CT molecular complexity index is 1120. The summed E-state index contributed by atoms with van der Waals surface area (Å²) in [5, 5.41) is 9.08. The minimum Gasteiger partial charge on any atom is -0.496 e. The molecule has 0 bridgehead atoms. The Morgan fingerprint density at radius 1 is 1.25 bits per heavy atom. The van der Waals surface area contributed by atoms with Gasteiger partial charge in [0, 0.05) is 23.4 Å².